The number of ether oxygens (including phenoxy) is 3. The van der Waals surface area contributed by atoms with Crippen molar-refractivity contribution in [2.75, 3.05) is 47.1 Å². The number of nitrogens with one attached hydrogen (secondary N) is 1. The van der Waals surface area contributed by atoms with Crippen LogP contribution in [0, 0.1) is 0 Å². The quantitative estimate of drug-likeness (QED) is 0.686. The van der Waals surface area contributed by atoms with E-state index in [1.165, 1.54) is 11.1 Å². The Bertz CT molecular complexity index is 718. The van der Waals surface area contributed by atoms with E-state index in [1.54, 1.807) is 14.2 Å². The second-order valence-corrected chi connectivity index (χ2v) is 7.39. The Morgan fingerprint density at radius 1 is 1.07 bits per heavy atom. The zero-order valence-corrected chi connectivity index (χ0v) is 17.5. The normalized spacial score (nSPS) is 16.1. The summed E-state index contributed by atoms with van der Waals surface area (Å²) in [5, 5.41) is 3.62. The molecule has 27 heavy (non-hydrogen) atoms. The van der Waals surface area contributed by atoms with Gasteiger partial charge in [-0.1, -0.05) is 18.2 Å². The molecule has 1 aliphatic rings. The molecule has 0 radical (unpaired) electrons. The summed E-state index contributed by atoms with van der Waals surface area (Å²) in [6, 6.07) is 14.9. The first-order valence-electron chi connectivity index (χ1n) is 9.20. The van der Waals surface area contributed by atoms with E-state index in [4.69, 9.17) is 14.2 Å². The Morgan fingerprint density at radius 3 is 2.44 bits per heavy atom. The molecule has 1 aliphatic heterocycles. The minimum Gasteiger partial charge on any atom is -0.497 e. The molecule has 1 fully saturated rings. The van der Waals surface area contributed by atoms with Crippen LogP contribution in [0.25, 0.3) is 0 Å². The van der Waals surface area contributed by atoms with Gasteiger partial charge in [0.25, 0.3) is 0 Å². The molecule has 6 heteroatoms. The molecule has 1 saturated heterocycles. The highest BCUT2D eigenvalue weighted by molar-refractivity contribution is 9.10. The predicted octanol–water partition coefficient (Wildman–Crippen LogP) is 3.63. The van der Waals surface area contributed by atoms with Crippen LogP contribution in [0.5, 0.6) is 11.5 Å². The molecular weight excluding hydrogens is 408 g/mol. The van der Waals surface area contributed by atoms with Crippen molar-refractivity contribution < 1.29 is 14.2 Å². The fourth-order valence-corrected chi connectivity index (χ4v) is 3.93. The van der Waals surface area contributed by atoms with Crippen molar-refractivity contribution in [3.8, 4) is 11.5 Å². The Kier molecular flexibility index (Phi) is 7.52. The molecule has 1 N–H and O–H groups in total. The predicted molar refractivity (Wildman–Crippen MR) is 111 cm³/mol. The molecule has 0 saturated carbocycles. The summed E-state index contributed by atoms with van der Waals surface area (Å²) < 4.78 is 17.1. The number of halogens is 1. The lowest BCUT2D eigenvalue weighted by molar-refractivity contribution is 0.0161. The van der Waals surface area contributed by atoms with Crippen LogP contribution in [0.1, 0.15) is 17.2 Å². The molecule has 146 valence electrons. The topological polar surface area (TPSA) is 43.0 Å². The van der Waals surface area contributed by atoms with Gasteiger partial charge in [-0.05, 0) is 51.3 Å². The van der Waals surface area contributed by atoms with Gasteiger partial charge in [-0.2, -0.15) is 0 Å². The van der Waals surface area contributed by atoms with E-state index < -0.39 is 0 Å². The zero-order valence-electron chi connectivity index (χ0n) is 15.9. The largest absolute Gasteiger partial charge is 0.497 e. The molecule has 1 atom stereocenters. The first-order chi connectivity index (χ1) is 13.2. The molecule has 2 aromatic rings. The molecule has 3 rings (SSSR count). The number of hydrogen-bond donors (Lipinski definition) is 1. The van der Waals surface area contributed by atoms with Gasteiger partial charge in [0.15, 0.2) is 0 Å². The number of methoxy groups -OCH3 is 2. The lowest BCUT2D eigenvalue weighted by atomic mass is 10.0. The first-order valence-corrected chi connectivity index (χ1v) is 9.99. The van der Waals surface area contributed by atoms with Gasteiger partial charge in [0.1, 0.15) is 11.5 Å². The van der Waals surface area contributed by atoms with Gasteiger partial charge in [-0.15, -0.1) is 0 Å². The molecule has 0 aliphatic carbocycles. The zero-order chi connectivity index (χ0) is 19.1. The monoisotopic (exact) mass is 434 g/mol. The van der Waals surface area contributed by atoms with E-state index in [0.717, 1.165) is 55.4 Å². The highest BCUT2D eigenvalue weighted by Crippen LogP contribution is 2.26. The third kappa shape index (κ3) is 5.45. The maximum absolute atomic E-state index is 5.53. The van der Waals surface area contributed by atoms with E-state index in [1.807, 2.05) is 18.2 Å². The SMILES string of the molecule is COc1ccc(C(CNCc2ccc(OC)c(Br)c2)N2CCOCC2)cc1. The van der Waals surface area contributed by atoms with Crippen molar-refractivity contribution in [2.45, 2.75) is 12.6 Å². The van der Waals surface area contributed by atoms with Gasteiger partial charge >= 0.3 is 0 Å². The van der Waals surface area contributed by atoms with Crippen LogP contribution in [-0.4, -0.2) is 52.0 Å². The minimum atomic E-state index is 0.307. The number of nitrogens with zero attached hydrogens (tertiary/aromatic N) is 1. The first kappa shape index (κ1) is 20.1. The summed E-state index contributed by atoms with van der Waals surface area (Å²) in [5.41, 5.74) is 2.51. The third-order valence-electron chi connectivity index (χ3n) is 4.87. The number of hydrogen-bond acceptors (Lipinski definition) is 5. The van der Waals surface area contributed by atoms with E-state index in [0.29, 0.717) is 6.04 Å². The highest BCUT2D eigenvalue weighted by Gasteiger charge is 2.22. The molecule has 1 unspecified atom stereocenters. The van der Waals surface area contributed by atoms with Gasteiger partial charge in [0.05, 0.1) is 31.9 Å². The summed E-state index contributed by atoms with van der Waals surface area (Å²) in [5.74, 6) is 1.73. The Hall–Kier alpha value is -1.60. The molecule has 0 amide bonds. The smallest absolute Gasteiger partial charge is 0.133 e. The van der Waals surface area contributed by atoms with Crippen LogP contribution in [0.2, 0.25) is 0 Å². The van der Waals surface area contributed by atoms with Gasteiger partial charge in [-0.3, -0.25) is 4.90 Å². The Balaban J connectivity index is 1.66. The minimum absolute atomic E-state index is 0.307. The number of rotatable bonds is 8. The van der Waals surface area contributed by atoms with Crippen LogP contribution in [0.15, 0.2) is 46.9 Å². The molecule has 1 heterocycles. The molecule has 0 spiro atoms. The van der Waals surface area contributed by atoms with Crippen LogP contribution < -0.4 is 14.8 Å². The summed E-state index contributed by atoms with van der Waals surface area (Å²) in [6.07, 6.45) is 0. The van der Waals surface area contributed by atoms with Crippen LogP contribution in [-0.2, 0) is 11.3 Å². The van der Waals surface area contributed by atoms with Gasteiger partial charge in [0, 0.05) is 32.2 Å². The molecule has 5 nitrogen and oxygen atoms in total. The van der Waals surface area contributed by atoms with Crippen molar-refractivity contribution in [1.29, 1.82) is 0 Å². The summed E-state index contributed by atoms with van der Waals surface area (Å²) >= 11 is 3.55. The Morgan fingerprint density at radius 2 is 1.81 bits per heavy atom. The maximum Gasteiger partial charge on any atom is 0.133 e. The standard InChI is InChI=1S/C21H27BrN2O3/c1-25-18-6-4-17(5-7-18)20(24-9-11-27-12-10-24)15-23-14-16-3-8-21(26-2)19(22)13-16/h3-8,13,20,23H,9-12,14-15H2,1-2H3. The molecule has 0 bridgehead atoms. The molecular formula is C21H27BrN2O3. The average molecular weight is 435 g/mol. The van der Waals surface area contributed by atoms with Crippen molar-refractivity contribution >= 4 is 15.9 Å². The average Bonchev–Trinajstić information content (AvgIpc) is 2.72. The molecule has 2 aromatic carbocycles. The van der Waals surface area contributed by atoms with Gasteiger partial charge in [0.2, 0.25) is 0 Å². The number of morpholine rings is 1. The van der Waals surface area contributed by atoms with E-state index in [-0.39, 0.29) is 0 Å². The second kappa shape index (κ2) is 10.1. The van der Waals surface area contributed by atoms with Crippen molar-refractivity contribution in [1.82, 2.24) is 10.2 Å². The summed E-state index contributed by atoms with van der Waals surface area (Å²) in [7, 11) is 3.38. The second-order valence-electron chi connectivity index (χ2n) is 6.54. The highest BCUT2D eigenvalue weighted by atomic mass is 79.9. The van der Waals surface area contributed by atoms with E-state index >= 15 is 0 Å². The van der Waals surface area contributed by atoms with Crippen molar-refractivity contribution in [3.05, 3.63) is 58.1 Å². The third-order valence-corrected chi connectivity index (χ3v) is 5.49. The van der Waals surface area contributed by atoms with E-state index in [2.05, 4.69) is 50.4 Å². The van der Waals surface area contributed by atoms with Crippen LogP contribution in [0.4, 0.5) is 0 Å². The van der Waals surface area contributed by atoms with Crippen molar-refractivity contribution in [3.63, 3.8) is 0 Å². The fraction of sp³-hybridized carbons (Fsp3) is 0.429. The number of benzene rings is 2. The fourth-order valence-electron chi connectivity index (χ4n) is 3.35. The lowest BCUT2D eigenvalue weighted by Gasteiger charge is -2.35. The van der Waals surface area contributed by atoms with Gasteiger partial charge < -0.3 is 19.5 Å². The summed E-state index contributed by atoms with van der Waals surface area (Å²) in [6.45, 7) is 5.16. The maximum atomic E-state index is 5.53. The van der Waals surface area contributed by atoms with Crippen molar-refractivity contribution in [2.24, 2.45) is 0 Å². The van der Waals surface area contributed by atoms with Gasteiger partial charge in [-0.25, -0.2) is 0 Å². The van der Waals surface area contributed by atoms with E-state index in [9.17, 15) is 0 Å². The lowest BCUT2D eigenvalue weighted by Crippen LogP contribution is -2.42. The van der Waals surface area contributed by atoms with Crippen LogP contribution >= 0.6 is 15.9 Å². The summed E-state index contributed by atoms with van der Waals surface area (Å²) in [4.78, 5) is 2.49. The van der Waals surface area contributed by atoms with Crippen LogP contribution in [0.3, 0.4) is 0 Å². The molecule has 0 aromatic heterocycles. The Labute approximate surface area is 169 Å².